The van der Waals surface area contributed by atoms with Crippen LogP contribution in [0.4, 0.5) is 5.69 Å². The molecule has 2 nitrogen and oxygen atoms in total. The molecule has 0 saturated carbocycles. The van der Waals surface area contributed by atoms with Gasteiger partial charge in [-0.25, -0.2) is 0 Å². The lowest BCUT2D eigenvalue weighted by Gasteiger charge is -2.17. The number of methoxy groups -OCH3 is 1. The highest BCUT2D eigenvalue weighted by Gasteiger charge is 2.09. The zero-order chi connectivity index (χ0) is 16.1. The van der Waals surface area contributed by atoms with Crippen molar-refractivity contribution in [3.63, 3.8) is 0 Å². The first-order valence-electron chi connectivity index (χ1n) is 7.32. The van der Waals surface area contributed by atoms with Crippen molar-refractivity contribution in [3.8, 4) is 5.75 Å². The molecule has 0 bridgehead atoms. The van der Waals surface area contributed by atoms with Crippen molar-refractivity contribution in [1.29, 1.82) is 0 Å². The maximum atomic E-state index is 5.24. The van der Waals surface area contributed by atoms with E-state index in [-0.39, 0.29) is 0 Å². The van der Waals surface area contributed by atoms with Gasteiger partial charge >= 0.3 is 0 Å². The fourth-order valence-corrected chi connectivity index (χ4v) is 2.46. The molecule has 0 unspecified atom stereocenters. The van der Waals surface area contributed by atoms with Gasteiger partial charge < -0.3 is 9.64 Å². The zero-order valence-electron chi connectivity index (χ0n) is 13.8. The molecular formula is C20H23NO. The Bertz CT molecular complexity index is 681. The summed E-state index contributed by atoms with van der Waals surface area (Å²) in [6.45, 7) is 5.99. The molecule has 114 valence electrons. The number of hydrogen-bond donors (Lipinski definition) is 0. The molecule has 0 fully saturated rings. The maximum Gasteiger partial charge on any atom is 0.118 e. The van der Waals surface area contributed by atoms with Crippen LogP contribution in [-0.2, 0) is 0 Å². The van der Waals surface area contributed by atoms with Crippen molar-refractivity contribution in [2.75, 3.05) is 26.1 Å². The summed E-state index contributed by atoms with van der Waals surface area (Å²) in [4.78, 5) is 2.11. The zero-order valence-corrected chi connectivity index (χ0v) is 13.8. The van der Waals surface area contributed by atoms with Crippen LogP contribution in [0.2, 0.25) is 0 Å². The van der Waals surface area contributed by atoms with Gasteiger partial charge in [0.25, 0.3) is 0 Å². The first-order valence-corrected chi connectivity index (χ1v) is 7.32. The van der Waals surface area contributed by atoms with E-state index in [0.29, 0.717) is 0 Å². The first kappa shape index (κ1) is 15.9. The van der Waals surface area contributed by atoms with Crippen LogP contribution < -0.4 is 9.64 Å². The van der Waals surface area contributed by atoms with Crippen LogP contribution in [0.5, 0.6) is 5.75 Å². The van der Waals surface area contributed by atoms with Gasteiger partial charge in [-0.15, -0.1) is 0 Å². The van der Waals surface area contributed by atoms with Gasteiger partial charge in [-0.3, -0.25) is 0 Å². The number of aryl methyl sites for hydroxylation is 1. The number of ether oxygens (including phenoxy) is 1. The molecule has 0 radical (unpaired) electrons. The van der Waals surface area contributed by atoms with Crippen LogP contribution in [0.25, 0.3) is 5.57 Å². The predicted molar refractivity (Wildman–Crippen MR) is 95.8 cm³/mol. The van der Waals surface area contributed by atoms with Crippen LogP contribution in [-0.4, -0.2) is 21.2 Å². The Hall–Kier alpha value is -2.48. The average molecular weight is 293 g/mol. The summed E-state index contributed by atoms with van der Waals surface area (Å²) in [6, 6.07) is 14.6. The monoisotopic (exact) mass is 293 g/mol. The third-order valence-electron chi connectivity index (χ3n) is 3.70. The Morgan fingerprint density at radius 3 is 2.27 bits per heavy atom. The second kappa shape index (κ2) is 6.99. The predicted octanol–water partition coefficient (Wildman–Crippen LogP) is 4.69. The number of hydrogen-bond acceptors (Lipinski definition) is 2. The highest BCUT2D eigenvalue weighted by molar-refractivity contribution is 5.83. The number of rotatable bonds is 5. The van der Waals surface area contributed by atoms with E-state index in [0.717, 1.165) is 11.3 Å². The molecule has 0 heterocycles. The highest BCUT2D eigenvalue weighted by atomic mass is 16.5. The SMILES string of the molecule is C=CC=C(c1ccc(OC)cc1)c1ccc(N(C)C)cc1C. The molecule has 0 aliphatic carbocycles. The topological polar surface area (TPSA) is 12.5 Å². The third kappa shape index (κ3) is 3.40. The molecule has 0 aliphatic rings. The second-order valence-electron chi connectivity index (χ2n) is 5.44. The summed E-state index contributed by atoms with van der Waals surface area (Å²) in [5, 5.41) is 0. The average Bonchev–Trinajstić information content (AvgIpc) is 2.53. The number of allylic oxidation sites excluding steroid dienone is 2. The summed E-state index contributed by atoms with van der Waals surface area (Å²) < 4.78 is 5.24. The smallest absolute Gasteiger partial charge is 0.118 e. The van der Waals surface area contributed by atoms with Crippen molar-refractivity contribution in [2.24, 2.45) is 0 Å². The van der Waals surface area contributed by atoms with Crippen LogP contribution >= 0.6 is 0 Å². The summed E-state index contributed by atoms with van der Waals surface area (Å²) in [5.41, 5.74) is 5.99. The molecule has 2 aromatic rings. The van der Waals surface area contributed by atoms with Gasteiger partial charge in [0.1, 0.15) is 5.75 Å². The van der Waals surface area contributed by atoms with Gasteiger partial charge in [-0.2, -0.15) is 0 Å². The van der Waals surface area contributed by atoms with E-state index in [1.165, 1.54) is 22.4 Å². The van der Waals surface area contributed by atoms with Crippen molar-refractivity contribution >= 4 is 11.3 Å². The summed E-state index contributed by atoms with van der Waals surface area (Å²) in [6.07, 6.45) is 3.89. The number of benzene rings is 2. The van der Waals surface area contributed by atoms with Crippen LogP contribution in [0.15, 0.2) is 61.2 Å². The minimum atomic E-state index is 0.862. The standard InChI is InChI=1S/C20H23NO/c1-6-7-20(16-8-11-18(22-5)12-9-16)19-13-10-17(21(3)4)14-15(19)2/h6-14H,1H2,2-5H3. The second-order valence-corrected chi connectivity index (χ2v) is 5.44. The number of nitrogens with zero attached hydrogens (tertiary/aromatic N) is 1. The van der Waals surface area contributed by atoms with Crippen molar-refractivity contribution < 1.29 is 4.74 Å². The normalized spacial score (nSPS) is 11.2. The largest absolute Gasteiger partial charge is 0.497 e. The lowest BCUT2D eigenvalue weighted by molar-refractivity contribution is 0.415. The molecule has 0 aromatic heterocycles. The summed E-state index contributed by atoms with van der Waals surface area (Å²) in [5.74, 6) is 0.862. The molecule has 0 saturated heterocycles. The van der Waals surface area contributed by atoms with E-state index in [9.17, 15) is 0 Å². The Kier molecular flexibility index (Phi) is 5.05. The molecule has 0 atom stereocenters. The Balaban J connectivity index is 2.48. The molecule has 2 rings (SSSR count). The van der Waals surface area contributed by atoms with Gasteiger partial charge in [0.05, 0.1) is 7.11 Å². The van der Waals surface area contributed by atoms with Gasteiger partial charge in [-0.1, -0.05) is 36.9 Å². The fourth-order valence-electron chi connectivity index (χ4n) is 2.46. The molecule has 22 heavy (non-hydrogen) atoms. The van der Waals surface area contributed by atoms with Crippen LogP contribution in [0, 0.1) is 6.92 Å². The molecule has 0 spiro atoms. The first-order chi connectivity index (χ1) is 10.6. The Morgan fingerprint density at radius 1 is 1.09 bits per heavy atom. The molecular weight excluding hydrogens is 270 g/mol. The molecule has 2 aromatic carbocycles. The van der Waals surface area contributed by atoms with E-state index in [4.69, 9.17) is 4.74 Å². The highest BCUT2D eigenvalue weighted by Crippen LogP contribution is 2.29. The van der Waals surface area contributed by atoms with E-state index in [2.05, 4.69) is 68.9 Å². The molecule has 0 amide bonds. The maximum absolute atomic E-state index is 5.24. The van der Waals surface area contributed by atoms with Gasteiger partial charge in [0.2, 0.25) is 0 Å². The molecule has 0 N–H and O–H groups in total. The van der Waals surface area contributed by atoms with E-state index in [1.807, 2.05) is 18.2 Å². The minimum absolute atomic E-state index is 0.862. The Labute approximate surface area is 133 Å². The van der Waals surface area contributed by atoms with E-state index < -0.39 is 0 Å². The third-order valence-corrected chi connectivity index (χ3v) is 3.70. The van der Waals surface area contributed by atoms with Crippen molar-refractivity contribution in [2.45, 2.75) is 6.92 Å². The minimum Gasteiger partial charge on any atom is -0.497 e. The quantitative estimate of drug-likeness (QED) is 0.742. The van der Waals surface area contributed by atoms with Crippen molar-refractivity contribution in [3.05, 3.63) is 77.9 Å². The van der Waals surface area contributed by atoms with Crippen molar-refractivity contribution in [1.82, 2.24) is 0 Å². The Morgan fingerprint density at radius 2 is 1.77 bits per heavy atom. The van der Waals surface area contributed by atoms with Crippen LogP contribution in [0.3, 0.4) is 0 Å². The fraction of sp³-hybridized carbons (Fsp3) is 0.200. The number of anilines is 1. The molecule has 2 heteroatoms. The van der Waals surface area contributed by atoms with Crippen LogP contribution in [0.1, 0.15) is 16.7 Å². The van der Waals surface area contributed by atoms with Gasteiger partial charge in [0.15, 0.2) is 0 Å². The van der Waals surface area contributed by atoms with Gasteiger partial charge in [-0.05, 0) is 53.5 Å². The lowest BCUT2D eigenvalue weighted by atomic mass is 9.93. The summed E-state index contributed by atoms with van der Waals surface area (Å²) in [7, 11) is 5.79. The molecule has 0 aliphatic heterocycles. The van der Waals surface area contributed by atoms with E-state index >= 15 is 0 Å². The summed E-state index contributed by atoms with van der Waals surface area (Å²) >= 11 is 0. The van der Waals surface area contributed by atoms with Gasteiger partial charge in [0, 0.05) is 19.8 Å². The van der Waals surface area contributed by atoms with E-state index in [1.54, 1.807) is 7.11 Å². The lowest BCUT2D eigenvalue weighted by Crippen LogP contribution is -2.09.